The van der Waals surface area contributed by atoms with Crippen LogP contribution in [0.25, 0.3) is 0 Å². The molecule has 64 valence electrons. The minimum atomic E-state index is -2.99. The fourth-order valence-corrected chi connectivity index (χ4v) is 3.27. The molecule has 4 nitrogen and oxygen atoms in total. The molecule has 0 aromatic heterocycles. The third kappa shape index (κ3) is 1.53. The Morgan fingerprint density at radius 1 is 1.64 bits per heavy atom. The Labute approximate surface area is 65.8 Å². The SMILES string of the molecule is CC(=NO)C1CCCS1(=O)=O. The molecule has 0 radical (unpaired) electrons. The van der Waals surface area contributed by atoms with Crippen molar-refractivity contribution in [3.63, 3.8) is 0 Å². The van der Waals surface area contributed by atoms with Gasteiger partial charge in [-0.2, -0.15) is 0 Å². The van der Waals surface area contributed by atoms with Crippen molar-refractivity contribution < 1.29 is 13.6 Å². The van der Waals surface area contributed by atoms with Crippen molar-refractivity contribution in [3.05, 3.63) is 0 Å². The quantitative estimate of drug-likeness (QED) is 0.358. The fourth-order valence-electron chi connectivity index (χ4n) is 1.32. The van der Waals surface area contributed by atoms with Gasteiger partial charge in [0, 0.05) is 0 Å². The summed E-state index contributed by atoms with van der Waals surface area (Å²) in [5, 5.41) is 10.7. The number of rotatable bonds is 1. The van der Waals surface area contributed by atoms with Crippen LogP contribution in [-0.4, -0.2) is 30.3 Å². The minimum absolute atomic E-state index is 0.227. The lowest BCUT2D eigenvalue weighted by Gasteiger charge is -2.05. The first-order chi connectivity index (χ1) is 5.08. The van der Waals surface area contributed by atoms with Gasteiger partial charge in [-0.3, -0.25) is 0 Å². The molecule has 0 aromatic rings. The summed E-state index contributed by atoms with van der Waals surface area (Å²) in [7, 11) is -2.99. The molecule has 11 heavy (non-hydrogen) atoms. The Morgan fingerprint density at radius 2 is 2.27 bits per heavy atom. The lowest BCUT2D eigenvalue weighted by Crippen LogP contribution is -2.23. The third-order valence-electron chi connectivity index (χ3n) is 1.95. The maximum absolute atomic E-state index is 11.2. The Balaban J connectivity index is 2.91. The zero-order valence-electron chi connectivity index (χ0n) is 6.32. The monoisotopic (exact) mass is 177 g/mol. The van der Waals surface area contributed by atoms with E-state index in [0.717, 1.165) is 0 Å². The first-order valence-corrected chi connectivity index (χ1v) is 5.19. The number of sulfone groups is 1. The molecule has 1 aliphatic rings. The molecule has 1 saturated heterocycles. The smallest absolute Gasteiger partial charge is 0.158 e. The maximum Gasteiger partial charge on any atom is 0.158 e. The molecule has 1 aliphatic heterocycles. The van der Waals surface area contributed by atoms with Gasteiger partial charge < -0.3 is 5.21 Å². The molecule has 1 heterocycles. The molecular formula is C6H11NO3S. The largest absolute Gasteiger partial charge is 0.411 e. The van der Waals surface area contributed by atoms with E-state index < -0.39 is 15.1 Å². The van der Waals surface area contributed by atoms with Crippen molar-refractivity contribution in [1.82, 2.24) is 0 Å². The van der Waals surface area contributed by atoms with Crippen LogP contribution in [0, 0.1) is 0 Å². The lowest BCUT2D eigenvalue weighted by molar-refractivity contribution is 0.317. The minimum Gasteiger partial charge on any atom is -0.411 e. The van der Waals surface area contributed by atoms with E-state index in [1.54, 1.807) is 0 Å². The fraction of sp³-hybridized carbons (Fsp3) is 0.833. The lowest BCUT2D eigenvalue weighted by atomic mass is 10.2. The molecule has 1 unspecified atom stereocenters. The number of nitrogens with zero attached hydrogens (tertiary/aromatic N) is 1. The maximum atomic E-state index is 11.2. The number of hydrogen-bond acceptors (Lipinski definition) is 4. The normalized spacial score (nSPS) is 30.6. The molecule has 0 bridgehead atoms. The summed E-state index contributed by atoms with van der Waals surface area (Å²) in [5.41, 5.74) is 0.308. The average Bonchev–Trinajstić information content (AvgIpc) is 2.28. The van der Waals surface area contributed by atoms with E-state index in [0.29, 0.717) is 18.6 Å². The van der Waals surface area contributed by atoms with Crippen LogP contribution in [0.5, 0.6) is 0 Å². The molecule has 0 aliphatic carbocycles. The van der Waals surface area contributed by atoms with Gasteiger partial charge in [0.25, 0.3) is 0 Å². The molecular weight excluding hydrogens is 166 g/mol. The second-order valence-electron chi connectivity index (χ2n) is 2.74. The predicted molar refractivity (Wildman–Crippen MR) is 41.7 cm³/mol. The van der Waals surface area contributed by atoms with Crippen LogP contribution in [0.1, 0.15) is 19.8 Å². The highest BCUT2D eigenvalue weighted by Gasteiger charge is 2.33. The van der Waals surface area contributed by atoms with E-state index in [9.17, 15) is 8.42 Å². The molecule has 5 heteroatoms. The summed E-state index contributed by atoms with van der Waals surface area (Å²) >= 11 is 0. The molecule has 1 N–H and O–H groups in total. The van der Waals surface area contributed by atoms with Crippen LogP contribution in [0.2, 0.25) is 0 Å². The van der Waals surface area contributed by atoms with Gasteiger partial charge in [0.15, 0.2) is 9.84 Å². The summed E-state index contributed by atoms with van der Waals surface area (Å²) in [4.78, 5) is 0. The summed E-state index contributed by atoms with van der Waals surface area (Å²) in [6.07, 6.45) is 1.28. The summed E-state index contributed by atoms with van der Waals surface area (Å²) in [6, 6.07) is 0. The van der Waals surface area contributed by atoms with Crippen molar-refractivity contribution in [1.29, 1.82) is 0 Å². The van der Waals surface area contributed by atoms with Crippen LogP contribution < -0.4 is 0 Å². The molecule has 0 saturated carbocycles. The van der Waals surface area contributed by atoms with Crippen LogP contribution in [0.15, 0.2) is 5.16 Å². The van der Waals surface area contributed by atoms with Crippen molar-refractivity contribution in [3.8, 4) is 0 Å². The Morgan fingerprint density at radius 3 is 2.64 bits per heavy atom. The molecule has 1 rings (SSSR count). The molecule has 0 spiro atoms. The van der Waals surface area contributed by atoms with E-state index in [4.69, 9.17) is 5.21 Å². The summed E-state index contributed by atoms with van der Waals surface area (Å²) < 4.78 is 22.3. The van der Waals surface area contributed by atoms with E-state index in [2.05, 4.69) is 5.16 Å². The van der Waals surface area contributed by atoms with Crippen LogP contribution in [-0.2, 0) is 9.84 Å². The van der Waals surface area contributed by atoms with Gasteiger partial charge in [0.2, 0.25) is 0 Å². The van der Waals surface area contributed by atoms with E-state index in [-0.39, 0.29) is 5.75 Å². The summed E-state index contributed by atoms with van der Waals surface area (Å²) in [6.45, 7) is 1.54. The first kappa shape index (κ1) is 8.52. The second kappa shape index (κ2) is 2.81. The highest BCUT2D eigenvalue weighted by Crippen LogP contribution is 2.20. The van der Waals surface area contributed by atoms with Gasteiger partial charge in [-0.25, -0.2) is 8.42 Å². The van der Waals surface area contributed by atoms with Crippen molar-refractivity contribution in [2.75, 3.05) is 5.75 Å². The van der Waals surface area contributed by atoms with Crippen molar-refractivity contribution in [2.24, 2.45) is 5.16 Å². The average molecular weight is 177 g/mol. The summed E-state index contributed by atoms with van der Waals surface area (Å²) in [5.74, 6) is 0.227. The standard InChI is InChI=1S/C6H11NO3S/c1-5(7-8)6-3-2-4-11(6,9)10/h6,8H,2-4H2,1H3. The zero-order chi connectivity index (χ0) is 8.48. The van der Waals surface area contributed by atoms with E-state index in [1.165, 1.54) is 6.92 Å². The molecule has 0 aromatic carbocycles. The van der Waals surface area contributed by atoms with Gasteiger partial charge in [0.05, 0.1) is 11.5 Å². The Kier molecular flexibility index (Phi) is 2.17. The first-order valence-electron chi connectivity index (χ1n) is 3.48. The van der Waals surface area contributed by atoms with E-state index in [1.807, 2.05) is 0 Å². The second-order valence-corrected chi connectivity index (χ2v) is 5.04. The molecule has 1 atom stereocenters. The van der Waals surface area contributed by atoms with Gasteiger partial charge >= 0.3 is 0 Å². The Hall–Kier alpha value is -0.580. The molecule has 1 fully saturated rings. The van der Waals surface area contributed by atoms with Gasteiger partial charge in [-0.1, -0.05) is 5.16 Å². The van der Waals surface area contributed by atoms with Crippen molar-refractivity contribution >= 4 is 15.5 Å². The van der Waals surface area contributed by atoms with E-state index >= 15 is 0 Å². The topological polar surface area (TPSA) is 66.7 Å². The van der Waals surface area contributed by atoms with Crippen molar-refractivity contribution in [2.45, 2.75) is 25.0 Å². The third-order valence-corrected chi connectivity index (χ3v) is 4.25. The number of oxime groups is 1. The van der Waals surface area contributed by atoms with Gasteiger partial charge in [-0.15, -0.1) is 0 Å². The van der Waals surface area contributed by atoms with Crippen LogP contribution >= 0.6 is 0 Å². The number of hydrogen-bond donors (Lipinski definition) is 1. The van der Waals surface area contributed by atoms with Crippen LogP contribution in [0.4, 0.5) is 0 Å². The highest BCUT2D eigenvalue weighted by atomic mass is 32.2. The predicted octanol–water partition coefficient (Wildman–Crippen LogP) is 0.414. The highest BCUT2D eigenvalue weighted by molar-refractivity contribution is 7.93. The van der Waals surface area contributed by atoms with Gasteiger partial charge in [0.1, 0.15) is 5.25 Å². The molecule has 0 amide bonds. The van der Waals surface area contributed by atoms with Gasteiger partial charge in [-0.05, 0) is 19.8 Å². The van der Waals surface area contributed by atoms with Crippen LogP contribution in [0.3, 0.4) is 0 Å². The zero-order valence-corrected chi connectivity index (χ0v) is 7.13. The Bertz CT molecular complexity index is 268.